The zero-order valence-electron chi connectivity index (χ0n) is 41.1. The topological polar surface area (TPSA) is 78.9 Å². The van der Waals surface area contributed by atoms with Crippen LogP contribution >= 0.6 is 0 Å². The molecule has 0 saturated carbocycles. The second-order valence-corrected chi connectivity index (χ2v) is 17.8. The average molecular weight is 869 g/mol. The Hall–Kier alpha value is -2.63. The number of hydrogen-bond donors (Lipinski definition) is 0. The van der Waals surface area contributed by atoms with E-state index in [1.54, 1.807) is 0 Å². The van der Waals surface area contributed by atoms with E-state index in [1.807, 2.05) is 0 Å². The van der Waals surface area contributed by atoms with Gasteiger partial charge in [0.2, 0.25) is 0 Å². The Morgan fingerprint density at radius 1 is 0.323 bits per heavy atom. The second-order valence-electron chi connectivity index (χ2n) is 17.8. The van der Waals surface area contributed by atoms with Crippen LogP contribution in [0.4, 0.5) is 0 Å². The van der Waals surface area contributed by atoms with Crippen LogP contribution in [0.3, 0.4) is 0 Å². The number of rotatable bonds is 48. The molecule has 62 heavy (non-hydrogen) atoms. The summed E-state index contributed by atoms with van der Waals surface area (Å²) in [5.41, 5.74) is 0. The molecule has 0 fully saturated rings. The van der Waals surface area contributed by atoms with E-state index in [2.05, 4.69) is 69.4 Å². The van der Waals surface area contributed by atoms with E-state index in [-0.39, 0.29) is 31.1 Å². The molecule has 0 radical (unpaired) electrons. The zero-order valence-corrected chi connectivity index (χ0v) is 41.1. The van der Waals surface area contributed by atoms with Crippen LogP contribution in [0.25, 0.3) is 0 Å². The van der Waals surface area contributed by atoms with Crippen LogP contribution in [-0.2, 0) is 28.6 Å². The molecule has 360 valence electrons. The Kier molecular flexibility index (Phi) is 48.8. The van der Waals surface area contributed by atoms with Gasteiger partial charge in [-0.15, -0.1) is 0 Å². The third kappa shape index (κ3) is 48.4. The molecule has 0 heterocycles. The molecular formula is C56H100O6. The van der Waals surface area contributed by atoms with Crippen molar-refractivity contribution in [3.8, 4) is 0 Å². The third-order valence-corrected chi connectivity index (χ3v) is 11.6. The number of esters is 3. The van der Waals surface area contributed by atoms with Crippen molar-refractivity contribution < 1.29 is 28.6 Å². The van der Waals surface area contributed by atoms with Gasteiger partial charge in [0.05, 0.1) is 0 Å². The lowest BCUT2D eigenvalue weighted by atomic mass is 10.1. The molecule has 0 aliphatic carbocycles. The summed E-state index contributed by atoms with van der Waals surface area (Å²) in [4.78, 5) is 38.0. The maximum Gasteiger partial charge on any atom is 0.306 e. The Labute approximate surface area is 384 Å². The number of carbonyl (C=O) groups is 3. The molecule has 0 bridgehead atoms. The molecule has 1 unspecified atom stereocenters. The van der Waals surface area contributed by atoms with Crippen molar-refractivity contribution in [3.05, 3.63) is 48.6 Å². The Balaban J connectivity index is 4.45. The van der Waals surface area contributed by atoms with E-state index >= 15 is 0 Å². The average Bonchev–Trinajstić information content (AvgIpc) is 3.27. The Morgan fingerprint density at radius 2 is 0.581 bits per heavy atom. The van der Waals surface area contributed by atoms with Crippen molar-refractivity contribution in [2.45, 2.75) is 277 Å². The molecule has 0 amide bonds. The summed E-state index contributed by atoms with van der Waals surface area (Å²) >= 11 is 0. The predicted octanol–water partition coefficient (Wildman–Crippen LogP) is 17.5. The summed E-state index contributed by atoms with van der Waals surface area (Å²) in [7, 11) is 0. The first-order chi connectivity index (χ1) is 30.5. The van der Waals surface area contributed by atoms with E-state index in [4.69, 9.17) is 14.2 Å². The summed E-state index contributed by atoms with van der Waals surface area (Å²) in [5, 5.41) is 0. The largest absolute Gasteiger partial charge is 0.462 e. The number of hydrogen-bond acceptors (Lipinski definition) is 6. The number of carbonyl (C=O) groups excluding carboxylic acids is 3. The standard InChI is InChI=1S/C56H100O6/c1-4-7-10-13-16-19-22-25-28-29-32-34-37-40-43-46-49-55(58)61-52-53(62-56(59)50-47-44-41-38-35-31-27-24-21-18-15-12-9-6-3)51-60-54(57)48-45-42-39-36-33-30-26-23-20-17-14-11-8-5-2/h28-35,53H,4-27,36-52H2,1-3H3/b29-28-,33-30-,34-32-,35-31-. The van der Waals surface area contributed by atoms with Crippen molar-refractivity contribution in [2.24, 2.45) is 0 Å². The minimum atomic E-state index is -0.796. The number of unbranched alkanes of at least 4 members (excludes halogenated alkanes) is 30. The van der Waals surface area contributed by atoms with Crippen molar-refractivity contribution in [1.29, 1.82) is 0 Å². The Morgan fingerprint density at radius 3 is 0.903 bits per heavy atom. The lowest BCUT2D eigenvalue weighted by Gasteiger charge is -2.18. The molecule has 0 aromatic heterocycles. The summed E-state index contributed by atoms with van der Waals surface area (Å²) in [6.45, 7) is 6.59. The lowest BCUT2D eigenvalue weighted by molar-refractivity contribution is -0.167. The highest BCUT2D eigenvalue weighted by Gasteiger charge is 2.19. The summed E-state index contributed by atoms with van der Waals surface area (Å²) in [5.74, 6) is -0.945. The fraction of sp³-hybridized carbons (Fsp3) is 0.804. The van der Waals surface area contributed by atoms with Gasteiger partial charge in [-0.1, -0.05) is 204 Å². The number of ether oxygens (including phenoxy) is 3. The molecule has 0 rings (SSSR count). The third-order valence-electron chi connectivity index (χ3n) is 11.6. The maximum absolute atomic E-state index is 12.8. The smallest absolute Gasteiger partial charge is 0.306 e. The molecule has 6 heteroatoms. The van der Waals surface area contributed by atoms with Gasteiger partial charge in [0.1, 0.15) is 13.2 Å². The molecule has 0 aromatic rings. The van der Waals surface area contributed by atoms with E-state index in [9.17, 15) is 14.4 Å². The first kappa shape index (κ1) is 59.4. The second kappa shape index (κ2) is 51.0. The summed E-state index contributed by atoms with van der Waals surface area (Å²) < 4.78 is 16.8. The highest BCUT2D eigenvalue weighted by molar-refractivity contribution is 5.71. The van der Waals surface area contributed by atoms with Gasteiger partial charge >= 0.3 is 17.9 Å². The molecule has 0 aromatic carbocycles. The van der Waals surface area contributed by atoms with E-state index in [0.29, 0.717) is 19.3 Å². The molecule has 0 saturated heterocycles. The van der Waals surface area contributed by atoms with Crippen molar-refractivity contribution in [1.82, 2.24) is 0 Å². The fourth-order valence-electron chi connectivity index (χ4n) is 7.48. The SMILES string of the molecule is CCCCCCCCC/C=C\C=C/CCCCCC(=O)OCC(COC(=O)CCCCC/C=C\CCCCCCCCC)OC(=O)CCCCC/C=C\CCCCCCCCC. The number of allylic oxidation sites excluding steroid dienone is 8. The van der Waals surface area contributed by atoms with Gasteiger partial charge in [-0.3, -0.25) is 14.4 Å². The molecule has 6 nitrogen and oxygen atoms in total. The minimum absolute atomic E-state index is 0.0947. The monoisotopic (exact) mass is 869 g/mol. The molecule has 1 atom stereocenters. The fourth-order valence-corrected chi connectivity index (χ4v) is 7.48. The molecule has 0 N–H and O–H groups in total. The van der Waals surface area contributed by atoms with Crippen LogP contribution in [0.2, 0.25) is 0 Å². The minimum Gasteiger partial charge on any atom is -0.462 e. The van der Waals surface area contributed by atoms with Gasteiger partial charge in [-0.05, 0) is 96.3 Å². The van der Waals surface area contributed by atoms with Gasteiger partial charge in [0.25, 0.3) is 0 Å². The first-order valence-electron chi connectivity index (χ1n) is 26.7. The van der Waals surface area contributed by atoms with Gasteiger partial charge in [-0.2, -0.15) is 0 Å². The summed E-state index contributed by atoms with van der Waals surface area (Å²) in [6.07, 6.45) is 61.0. The molecule has 0 spiro atoms. The lowest BCUT2D eigenvalue weighted by Crippen LogP contribution is -2.30. The maximum atomic E-state index is 12.8. The normalized spacial score (nSPS) is 12.4. The van der Waals surface area contributed by atoms with Crippen molar-refractivity contribution in [3.63, 3.8) is 0 Å². The van der Waals surface area contributed by atoms with E-state index in [0.717, 1.165) is 96.3 Å². The van der Waals surface area contributed by atoms with Crippen LogP contribution in [0.5, 0.6) is 0 Å². The van der Waals surface area contributed by atoms with Crippen molar-refractivity contribution >= 4 is 17.9 Å². The van der Waals surface area contributed by atoms with Gasteiger partial charge in [-0.25, -0.2) is 0 Å². The summed E-state index contributed by atoms with van der Waals surface area (Å²) in [6, 6.07) is 0. The molecule has 0 aliphatic rings. The van der Waals surface area contributed by atoms with Crippen LogP contribution in [-0.4, -0.2) is 37.2 Å². The van der Waals surface area contributed by atoms with Crippen molar-refractivity contribution in [2.75, 3.05) is 13.2 Å². The van der Waals surface area contributed by atoms with Gasteiger partial charge < -0.3 is 14.2 Å². The van der Waals surface area contributed by atoms with Crippen LogP contribution < -0.4 is 0 Å². The van der Waals surface area contributed by atoms with E-state index < -0.39 is 6.10 Å². The quantitative estimate of drug-likeness (QED) is 0.0199. The predicted molar refractivity (Wildman–Crippen MR) is 265 cm³/mol. The molecular weight excluding hydrogens is 769 g/mol. The zero-order chi connectivity index (χ0) is 45.1. The highest BCUT2D eigenvalue weighted by atomic mass is 16.6. The van der Waals surface area contributed by atoms with Gasteiger partial charge in [0.15, 0.2) is 6.10 Å². The van der Waals surface area contributed by atoms with Crippen LogP contribution in [0, 0.1) is 0 Å². The van der Waals surface area contributed by atoms with Gasteiger partial charge in [0, 0.05) is 19.3 Å². The molecule has 0 aliphatic heterocycles. The highest BCUT2D eigenvalue weighted by Crippen LogP contribution is 2.14. The first-order valence-corrected chi connectivity index (χ1v) is 26.7. The Bertz CT molecular complexity index is 1090. The van der Waals surface area contributed by atoms with Crippen LogP contribution in [0.15, 0.2) is 48.6 Å². The van der Waals surface area contributed by atoms with Crippen LogP contribution in [0.1, 0.15) is 271 Å². The van der Waals surface area contributed by atoms with E-state index in [1.165, 1.54) is 135 Å².